The molecule has 2 saturated heterocycles. The smallest absolute Gasteiger partial charge is 0.327 e. The predicted molar refractivity (Wildman–Crippen MR) is 322 cm³/mol. The molecule has 0 aliphatic carbocycles. The number of ether oxygens (including phenoxy) is 6. The number of hydrogen-bond donors (Lipinski definition) is 3. The number of carbonyl (C=O) groups is 1. The molecule has 4 atom stereocenters. The van der Waals surface area contributed by atoms with Crippen molar-refractivity contribution in [2.75, 3.05) is 56.2 Å². The number of amides is 1. The van der Waals surface area contributed by atoms with E-state index >= 15 is 0 Å². The summed E-state index contributed by atoms with van der Waals surface area (Å²) in [5.41, 5.74) is 3.05. The SMILES string of the molecule is CCN(CC)CC.CCOC1(O[C@@H]2[C@H](OP(O)O)[C@@H](COC3(c4ccccc4)c4ccccc4Oc4ccccc43)O[C@H]2n2cnc3c(Oc4cc(Cl)ccc4Cl)nc(NC(=O)Cc4ccccc4)nc32)CCN(c2ccc(Cl)cc2)CC1. The molecule has 6 aromatic carbocycles. The summed E-state index contributed by atoms with van der Waals surface area (Å²) in [6, 6.07) is 46.8. The van der Waals surface area contributed by atoms with Crippen molar-refractivity contribution in [1.82, 2.24) is 24.4 Å². The van der Waals surface area contributed by atoms with Crippen LogP contribution in [0, 0.1) is 0 Å². The molecule has 8 aromatic rings. The summed E-state index contributed by atoms with van der Waals surface area (Å²) in [6.07, 6.45) is -2.41. The van der Waals surface area contributed by atoms with E-state index in [4.69, 9.17) is 77.7 Å². The Morgan fingerprint density at radius 2 is 1.39 bits per heavy atom. The Labute approximate surface area is 498 Å². The van der Waals surface area contributed by atoms with Crippen LogP contribution in [0.1, 0.15) is 69.0 Å². The van der Waals surface area contributed by atoms with Crippen molar-refractivity contribution in [3.8, 4) is 23.1 Å². The Morgan fingerprint density at radius 1 is 0.759 bits per heavy atom. The average Bonchev–Trinajstić information content (AvgIpc) is 1.79. The van der Waals surface area contributed by atoms with Gasteiger partial charge in [-0.25, -0.2) is 4.98 Å². The lowest BCUT2D eigenvalue weighted by molar-refractivity contribution is -0.284. The van der Waals surface area contributed by atoms with Gasteiger partial charge in [0, 0.05) is 65.5 Å². The first-order valence-corrected chi connectivity index (χ1v) is 30.0. The fourth-order valence-corrected chi connectivity index (χ4v) is 11.8. The maximum absolute atomic E-state index is 13.7. The minimum Gasteiger partial charge on any atom is -0.457 e. The van der Waals surface area contributed by atoms with Crippen molar-refractivity contribution in [3.63, 3.8) is 0 Å². The number of imidazole rings is 1. The first kappa shape index (κ1) is 59.9. The molecule has 434 valence electrons. The zero-order chi connectivity index (χ0) is 58.1. The Bertz CT molecular complexity index is 3400. The van der Waals surface area contributed by atoms with Crippen molar-refractivity contribution in [1.29, 1.82) is 0 Å². The van der Waals surface area contributed by atoms with E-state index in [1.165, 1.54) is 32.0 Å². The van der Waals surface area contributed by atoms with Gasteiger partial charge in [-0.3, -0.25) is 14.7 Å². The Balaban J connectivity index is 0.00000103. The van der Waals surface area contributed by atoms with Crippen molar-refractivity contribution in [2.24, 2.45) is 0 Å². The molecule has 3 N–H and O–H groups in total. The maximum Gasteiger partial charge on any atom is 0.327 e. The molecule has 0 unspecified atom stereocenters. The molecule has 3 aliphatic heterocycles. The van der Waals surface area contributed by atoms with E-state index in [1.54, 1.807) is 16.7 Å². The summed E-state index contributed by atoms with van der Waals surface area (Å²) < 4.78 is 49.1. The van der Waals surface area contributed by atoms with Gasteiger partial charge in [0.1, 0.15) is 35.6 Å². The highest BCUT2D eigenvalue weighted by molar-refractivity contribution is 7.39. The van der Waals surface area contributed by atoms with E-state index in [1.807, 2.05) is 140 Å². The van der Waals surface area contributed by atoms with Gasteiger partial charge < -0.3 is 52.5 Å². The van der Waals surface area contributed by atoms with Crippen molar-refractivity contribution in [2.45, 2.75) is 82.9 Å². The first-order chi connectivity index (χ1) is 40.3. The van der Waals surface area contributed by atoms with Gasteiger partial charge in [0.2, 0.25) is 11.9 Å². The van der Waals surface area contributed by atoms with Gasteiger partial charge in [0.25, 0.3) is 5.88 Å². The van der Waals surface area contributed by atoms with E-state index in [0.29, 0.717) is 47.5 Å². The number of aromatic nitrogens is 4. The lowest BCUT2D eigenvalue weighted by Crippen LogP contribution is -2.52. The summed E-state index contributed by atoms with van der Waals surface area (Å²) in [5, 5.41) is 4.05. The highest BCUT2D eigenvalue weighted by atomic mass is 35.5. The lowest BCUT2D eigenvalue weighted by atomic mass is 9.77. The van der Waals surface area contributed by atoms with Crippen LogP contribution in [-0.4, -0.2) is 110 Å². The number of rotatable bonds is 20. The number of piperidine rings is 1. The number of nitrogens with zero attached hydrogens (tertiary/aromatic N) is 6. The highest BCUT2D eigenvalue weighted by Crippen LogP contribution is 2.53. The van der Waals surface area contributed by atoms with Gasteiger partial charge >= 0.3 is 8.60 Å². The van der Waals surface area contributed by atoms with Crippen LogP contribution in [0.3, 0.4) is 0 Å². The van der Waals surface area contributed by atoms with E-state index in [2.05, 4.69) is 40.9 Å². The molecule has 11 rings (SSSR count). The Hall–Kier alpha value is -6.28. The van der Waals surface area contributed by atoms with Crippen molar-refractivity contribution < 1.29 is 47.5 Å². The number of halogens is 3. The second-order valence-electron chi connectivity index (χ2n) is 19.9. The number of fused-ring (bicyclic) bond motifs is 3. The minimum atomic E-state index is -3.04. The van der Waals surface area contributed by atoms with Crippen molar-refractivity contribution >= 4 is 72.1 Å². The van der Waals surface area contributed by atoms with Crippen LogP contribution in [0.15, 0.2) is 158 Å². The molecule has 17 nitrogen and oxygen atoms in total. The third-order valence-corrected chi connectivity index (χ3v) is 16.2. The van der Waals surface area contributed by atoms with Crippen molar-refractivity contribution in [3.05, 3.63) is 195 Å². The molecular weight excluding hydrogens is 1140 g/mol. The number of nitrogens with one attached hydrogen (secondary N) is 1. The van der Waals surface area contributed by atoms with Crippen LogP contribution in [0.25, 0.3) is 11.2 Å². The van der Waals surface area contributed by atoms with Crippen LogP contribution in [0.5, 0.6) is 23.1 Å². The average molecular weight is 1210 g/mol. The first-order valence-electron chi connectivity index (χ1n) is 27.7. The predicted octanol–water partition coefficient (Wildman–Crippen LogP) is 13.1. The molecule has 2 aromatic heterocycles. The fraction of sp³-hybridized carbons (Fsp3) is 0.323. The highest BCUT2D eigenvalue weighted by Gasteiger charge is 2.55. The normalized spacial score (nSPS) is 18.7. The fourth-order valence-electron chi connectivity index (χ4n) is 10.9. The largest absolute Gasteiger partial charge is 0.457 e. The van der Waals surface area contributed by atoms with E-state index in [9.17, 15) is 14.6 Å². The maximum atomic E-state index is 13.7. The van der Waals surface area contributed by atoms with E-state index in [0.717, 1.165) is 27.9 Å². The molecule has 0 saturated carbocycles. The van der Waals surface area contributed by atoms with Crippen LogP contribution >= 0.6 is 43.4 Å². The third kappa shape index (κ3) is 13.5. The van der Waals surface area contributed by atoms with Crippen LogP contribution in [-0.2, 0) is 40.3 Å². The van der Waals surface area contributed by atoms with Crippen LogP contribution < -0.4 is 19.7 Å². The number of anilines is 2. The standard InChI is InChI=1S/C56H50Cl3N6O10P.C6H15N/c1-2-69-55(27-29-64(30-28-55)39-24-21-37(57)22-25-39)74-50-49(75-76(67)68)46(33-70-56(36-15-7-4-8-16-36)40-17-9-11-19-43(40)71-44-20-12-10-18-41(44)56)73-53(50)65-34-60-48-51(65)62-54(61-47(66)31-35-13-5-3-6-14-35)63-52(48)72-45-32-38(58)23-26-42(45)59;1-4-7(5-2)6-3/h3-26,32,34,46,49-50,53,67-68H,2,27-31,33H2,1H3,(H,61,62,63,66);4-6H2,1-3H3/t46-,49-,50-,53-;/m1./s1. The second-order valence-corrected chi connectivity index (χ2v) is 21.9. The number of carbonyl (C=O) groups excluding carboxylic acids is 1. The Morgan fingerprint density at radius 3 is 2.01 bits per heavy atom. The molecule has 21 heteroatoms. The third-order valence-electron chi connectivity index (χ3n) is 14.9. The van der Waals surface area contributed by atoms with Gasteiger partial charge in [0.15, 0.2) is 28.8 Å². The summed E-state index contributed by atoms with van der Waals surface area (Å²) in [7, 11) is -3.04. The molecule has 5 heterocycles. The van der Waals surface area contributed by atoms with Gasteiger partial charge in [-0.15, -0.1) is 0 Å². The molecule has 83 heavy (non-hydrogen) atoms. The number of hydrogen-bond acceptors (Lipinski definition) is 15. The second kappa shape index (κ2) is 27.2. The Kier molecular flexibility index (Phi) is 19.6. The monoisotopic (exact) mass is 1200 g/mol. The van der Waals surface area contributed by atoms with Gasteiger partial charge in [-0.05, 0) is 86.2 Å². The summed E-state index contributed by atoms with van der Waals surface area (Å²) in [6.45, 7) is 13.2. The van der Waals surface area contributed by atoms with Gasteiger partial charge in [-0.2, -0.15) is 9.97 Å². The molecular formula is C62H65Cl3N7O10P. The topological polar surface area (TPSA) is 184 Å². The summed E-state index contributed by atoms with van der Waals surface area (Å²) in [5.74, 6) is -0.478. The zero-order valence-corrected chi connectivity index (χ0v) is 49.5. The van der Waals surface area contributed by atoms with Gasteiger partial charge in [0.05, 0.1) is 24.4 Å². The van der Waals surface area contributed by atoms with Gasteiger partial charge in [-0.1, -0.05) is 153 Å². The molecule has 0 bridgehead atoms. The number of benzene rings is 6. The lowest BCUT2D eigenvalue weighted by Gasteiger charge is -2.44. The molecule has 1 amide bonds. The molecule has 0 radical (unpaired) electrons. The molecule has 2 fully saturated rings. The molecule has 3 aliphatic rings. The van der Waals surface area contributed by atoms with Crippen LogP contribution in [0.2, 0.25) is 15.1 Å². The van der Waals surface area contributed by atoms with E-state index in [-0.39, 0.29) is 53.4 Å². The minimum absolute atomic E-state index is 0.0198. The quantitative estimate of drug-likeness (QED) is 0.0483. The van der Waals surface area contributed by atoms with Crippen LogP contribution in [0.4, 0.5) is 11.6 Å². The molecule has 0 spiro atoms. The number of para-hydroxylation sites is 2. The van der Waals surface area contributed by atoms with E-state index < -0.39 is 50.4 Å². The summed E-state index contributed by atoms with van der Waals surface area (Å²) in [4.78, 5) is 54.4. The zero-order valence-electron chi connectivity index (χ0n) is 46.3. The summed E-state index contributed by atoms with van der Waals surface area (Å²) >= 11 is 19.3.